The summed E-state index contributed by atoms with van der Waals surface area (Å²) in [6.07, 6.45) is 9.28. The fourth-order valence-electron chi connectivity index (χ4n) is 4.01. The molecule has 2 fully saturated rings. The molecule has 2 aliphatic rings. The number of rotatable bonds is 5. The Morgan fingerprint density at radius 2 is 1.96 bits per heavy atom. The van der Waals surface area contributed by atoms with E-state index in [0.29, 0.717) is 12.5 Å². The van der Waals surface area contributed by atoms with Gasteiger partial charge in [-0.15, -0.1) is 0 Å². The fraction of sp³-hybridized carbons (Fsp3) is 0.476. The second-order valence-electron chi connectivity index (χ2n) is 7.44. The van der Waals surface area contributed by atoms with E-state index in [-0.39, 0.29) is 12.1 Å². The number of carbonyl (C=O) groups excluding carboxylic acids is 1. The number of amides is 2. The summed E-state index contributed by atoms with van der Waals surface area (Å²) in [6.45, 7) is 4.27. The molecular weight excluding hydrogens is 338 g/mol. The summed E-state index contributed by atoms with van der Waals surface area (Å²) >= 11 is 0. The van der Waals surface area contributed by atoms with Crippen molar-refractivity contribution in [2.45, 2.75) is 31.2 Å². The summed E-state index contributed by atoms with van der Waals surface area (Å²) in [5, 5.41) is 3.15. The topological polar surface area (TPSA) is 61.4 Å². The molecule has 6 nitrogen and oxygen atoms in total. The molecular formula is C21H27N5O. The first-order valence-electron chi connectivity index (χ1n) is 9.89. The SMILES string of the molecule is O=C(NC[C@H](c1cccnc1)N1CCCCC1)N1CC(c2ccccn2)C1. The molecule has 142 valence electrons. The summed E-state index contributed by atoms with van der Waals surface area (Å²) in [5.74, 6) is 0.355. The zero-order chi connectivity index (χ0) is 18.5. The van der Waals surface area contributed by atoms with Gasteiger partial charge in [0.2, 0.25) is 0 Å². The fourth-order valence-corrected chi connectivity index (χ4v) is 4.01. The standard InChI is InChI=1S/C21H27N5O/c27-21(26-15-18(16-26)19-8-2-3-10-23-19)24-14-20(17-7-6-9-22-13-17)25-11-4-1-5-12-25/h2-3,6-10,13,18,20H,1,4-5,11-12,14-16H2,(H,24,27)/t20-/m1/s1. The molecule has 0 radical (unpaired) electrons. The van der Waals surface area contributed by atoms with Gasteiger partial charge in [0, 0.05) is 49.8 Å². The highest BCUT2D eigenvalue weighted by Gasteiger charge is 2.33. The Bertz CT molecular complexity index is 727. The number of pyridine rings is 2. The van der Waals surface area contributed by atoms with Gasteiger partial charge in [0.1, 0.15) is 0 Å². The number of urea groups is 1. The average Bonchev–Trinajstić information content (AvgIpc) is 2.69. The molecule has 2 amide bonds. The number of carbonyl (C=O) groups is 1. The van der Waals surface area contributed by atoms with Gasteiger partial charge in [-0.25, -0.2) is 4.79 Å². The van der Waals surface area contributed by atoms with Gasteiger partial charge in [-0.2, -0.15) is 0 Å². The van der Waals surface area contributed by atoms with Crippen LogP contribution in [0.2, 0.25) is 0 Å². The maximum Gasteiger partial charge on any atom is 0.317 e. The van der Waals surface area contributed by atoms with Crippen LogP contribution >= 0.6 is 0 Å². The number of aromatic nitrogens is 2. The Kier molecular flexibility index (Phi) is 5.63. The first-order valence-corrected chi connectivity index (χ1v) is 9.89. The highest BCUT2D eigenvalue weighted by molar-refractivity contribution is 5.75. The number of hydrogen-bond donors (Lipinski definition) is 1. The third-order valence-electron chi connectivity index (χ3n) is 5.62. The highest BCUT2D eigenvalue weighted by atomic mass is 16.2. The number of piperidine rings is 1. The highest BCUT2D eigenvalue weighted by Crippen LogP contribution is 2.26. The van der Waals surface area contributed by atoms with Crippen molar-refractivity contribution >= 4 is 6.03 Å². The van der Waals surface area contributed by atoms with Crippen molar-refractivity contribution in [1.29, 1.82) is 0 Å². The lowest BCUT2D eigenvalue weighted by Crippen LogP contribution is -2.54. The van der Waals surface area contributed by atoms with Gasteiger partial charge in [0.25, 0.3) is 0 Å². The molecule has 27 heavy (non-hydrogen) atoms. The minimum absolute atomic E-state index is 0.0214. The largest absolute Gasteiger partial charge is 0.336 e. The molecule has 0 spiro atoms. The molecule has 0 bridgehead atoms. The Morgan fingerprint density at radius 3 is 2.67 bits per heavy atom. The molecule has 4 heterocycles. The number of nitrogens with zero attached hydrogens (tertiary/aromatic N) is 4. The van der Waals surface area contributed by atoms with Gasteiger partial charge in [-0.05, 0) is 49.7 Å². The molecule has 4 rings (SSSR count). The summed E-state index contributed by atoms with van der Waals surface area (Å²) in [6, 6.07) is 10.3. The Labute approximate surface area is 160 Å². The van der Waals surface area contributed by atoms with E-state index < -0.39 is 0 Å². The molecule has 2 saturated heterocycles. The zero-order valence-electron chi connectivity index (χ0n) is 15.6. The van der Waals surface area contributed by atoms with Crippen molar-refractivity contribution in [2.75, 3.05) is 32.7 Å². The molecule has 1 atom stereocenters. The first kappa shape index (κ1) is 17.9. The lowest BCUT2D eigenvalue weighted by Gasteiger charge is -2.40. The lowest BCUT2D eigenvalue weighted by atomic mass is 9.96. The molecule has 0 saturated carbocycles. The van der Waals surface area contributed by atoms with E-state index in [1.54, 1.807) is 6.20 Å². The third kappa shape index (κ3) is 4.27. The smallest absolute Gasteiger partial charge is 0.317 e. The van der Waals surface area contributed by atoms with Crippen molar-refractivity contribution in [2.24, 2.45) is 0 Å². The van der Waals surface area contributed by atoms with Crippen molar-refractivity contribution in [3.05, 3.63) is 60.2 Å². The predicted octanol–water partition coefficient (Wildman–Crippen LogP) is 2.81. The van der Waals surface area contributed by atoms with Crippen LogP contribution in [0.4, 0.5) is 4.79 Å². The van der Waals surface area contributed by atoms with Gasteiger partial charge in [-0.3, -0.25) is 14.9 Å². The van der Waals surface area contributed by atoms with E-state index in [0.717, 1.165) is 31.9 Å². The number of nitrogens with one attached hydrogen (secondary N) is 1. The van der Waals surface area contributed by atoms with Crippen LogP contribution in [0.15, 0.2) is 48.9 Å². The second kappa shape index (κ2) is 8.48. The van der Waals surface area contributed by atoms with Crippen molar-refractivity contribution in [3.63, 3.8) is 0 Å². The Morgan fingerprint density at radius 1 is 1.11 bits per heavy atom. The Balaban J connectivity index is 1.33. The molecule has 2 aliphatic heterocycles. The molecule has 0 aromatic carbocycles. The van der Waals surface area contributed by atoms with E-state index in [1.807, 2.05) is 41.6 Å². The van der Waals surface area contributed by atoms with E-state index in [1.165, 1.54) is 24.8 Å². The van der Waals surface area contributed by atoms with E-state index in [9.17, 15) is 4.79 Å². The maximum atomic E-state index is 12.6. The lowest BCUT2D eigenvalue weighted by molar-refractivity contribution is 0.136. The normalized spacial score (nSPS) is 19.3. The zero-order valence-corrected chi connectivity index (χ0v) is 15.6. The maximum absolute atomic E-state index is 12.6. The molecule has 0 unspecified atom stereocenters. The summed E-state index contributed by atoms with van der Waals surface area (Å²) < 4.78 is 0. The molecule has 6 heteroatoms. The van der Waals surface area contributed by atoms with Gasteiger partial charge in [0.15, 0.2) is 0 Å². The molecule has 2 aromatic heterocycles. The van der Waals surface area contributed by atoms with Crippen LogP contribution in [-0.2, 0) is 0 Å². The quantitative estimate of drug-likeness (QED) is 0.885. The van der Waals surface area contributed by atoms with E-state index in [4.69, 9.17) is 0 Å². The van der Waals surface area contributed by atoms with E-state index in [2.05, 4.69) is 26.3 Å². The summed E-state index contributed by atoms with van der Waals surface area (Å²) in [5.41, 5.74) is 2.25. The number of hydrogen-bond acceptors (Lipinski definition) is 4. The van der Waals surface area contributed by atoms with Crippen LogP contribution < -0.4 is 5.32 Å². The monoisotopic (exact) mass is 365 g/mol. The van der Waals surface area contributed by atoms with Crippen LogP contribution in [0.3, 0.4) is 0 Å². The average molecular weight is 365 g/mol. The minimum atomic E-state index is 0.0214. The molecule has 2 aromatic rings. The summed E-state index contributed by atoms with van der Waals surface area (Å²) in [7, 11) is 0. The van der Waals surface area contributed by atoms with Gasteiger partial charge in [0.05, 0.1) is 6.04 Å². The second-order valence-corrected chi connectivity index (χ2v) is 7.44. The van der Waals surface area contributed by atoms with Gasteiger partial charge < -0.3 is 10.2 Å². The molecule has 0 aliphatic carbocycles. The minimum Gasteiger partial charge on any atom is -0.336 e. The van der Waals surface area contributed by atoms with Crippen LogP contribution in [0.5, 0.6) is 0 Å². The molecule has 1 N–H and O–H groups in total. The van der Waals surface area contributed by atoms with Gasteiger partial charge >= 0.3 is 6.03 Å². The van der Waals surface area contributed by atoms with Crippen LogP contribution in [0.25, 0.3) is 0 Å². The van der Waals surface area contributed by atoms with Crippen LogP contribution in [-0.4, -0.2) is 58.5 Å². The van der Waals surface area contributed by atoms with Crippen molar-refractivity contribution in [3.8, 4) is 0 Å². The predicted molar refractivity (Wildman–Crippen MR) is 104 cm³/mol. The van der Waals surface area contributed by atoms with Crippen molar-refractivity contribution in [1.82, 2.24) is 25.1 Å². The van der Waals surface area contributed by atoms with E-state index >= 15 is 0 Å². The van der Waals surface area contributed by atoms with Crippen LogP contribution in [0, 0.1) is 0 Å². The summed E-state index contributed by atoms with van der Waals surface area (Å²) in [4.78, 5) is 25.6. The first-order chi connectivity index (χ1) is 13.3. The van der Waals surface area contributed by atoms with Crippen LogP contribution in [0.1, 0.15) is 42.5 Å². The Hall–Kier alpha value is -2.47. The third-order valence-corrected chi connectivity index (χ3v) is 5.62. The van der Waals surface area contributed by atoms with Crippen molar-refractivity contribution < 1.29 is 4.79 Å². The number of likely N-dealkylation sites (tertiary alicyclic amines) is 2. The van der Waals surface area contributed by atoms with Gasteiger partial charge in [-0.1, -0.05) is 18.6 Å².